The van der Waals surface area contributed by atoms with Crippen LogP contribution in [0.15, 0.2) is 36.4 Å². The third kappa shape index (κ3) is 2.90. The van der Waals surface area contributed by atoms with E-state index in [1.807, 2.05) is 44.0 Å². The Kier molecular flexibility index (Phi) is 4.11. The first kappa shape index (κ1) is 13.9. The summed E-state index contributed by atoms with van der Waals surface area (Å²) in [4.78, 5) is 1.85. The summed E-state index contributed by atoms with van der Waals surface area (Å²) < 4.78 is 14.1. The fraction of sp³-hybridized carbons (Fsp3) is 0.250. The zero-order valence-corrected chi connectivity index (χ0v) is 12.1. The van der Waals surface area contributed by atoms with E-state index >= 15 is 0 Å². The predicted molar refractivity (Wildman–Crippen MR) is 79.9 cm³/mol. The molecule has 0 atom stereocenters. The van der Waals surface area contributed by atoms with E-state index in [-0.39, 0.29) is 5.82 Å². The van der Waals surface area contributed by atoms with Crippen LogP contribution in [0.4, 0.5) is 15.8 Å². The molecule has 0 aliphatic rings. The second-order valence-electron chi connectivity index (χ2n) is 4.79. The molecule has 0 spiro atoms. The van der Waals surface area contributed by atoms with Crippen LogP contribution in [0, 0.1) is 19.7 Å². The number of benzene rings is 2. The van der Waals surface area contributed by atoms with Crippen LogP contribution >= 0.6 is 11.6 Å². The van der Waals surface area contributed by atoms with E-state index in [9.17, 15) is 4.39 Å². The van der Waals surface area contributed by atoms with Crippen LogP contribution in [0.5, 0.6) is 0 Å². The van der Waals surface area contributed by atoms with Crippen molar-refractivity contribution < 1.29 is 4.39 Å². The molecule has 3 heteroatoms. The molecular formula is C16H17ClFN. The van der Waals surface area contributed by atoms with Gasteiger partial charge in [-0.1, -0.05) is 18.2 Å². The minimum Gasteiger partial charge on any atom is -0.342 e. The summed E-state index contributed by atoms with van der Waals surface area (Å²) in [6.45, 7) is 4.07. The normalized spacial score (nSPS) is 10.6. The smallest absolute Gasteiger partial charge is 0.147 e. The van der Waals surface area contributed by atoms with Crippen LogP contribution < -0.4 is 4.90 Å². The quantitative estimate of drug-likeness (QED) is 0.718. The van der Waals surface area contributed by atoms with Gasteiger partial charge in [-0.25, -0.2) is 4.39 Å². The van der Waals surface area contributed by atoms with Crippen molar-refractivity contribution in [3.05, 3.63) is 58.9 Å². The molecule has 2 aromatic carbocycles. The maximum Gasteiger partial charge on any atom is 0.147 e. The highest BCUT2D eigenvalue weighted by Gasteiger charge is 2.14. The number of rotatable bonds is 3. The lowest BCUT2D eigenvalue weighted by atomic mass is 10.1. The third-order valence-corrected chi connectivity index (χ3v) is 3.43. The Bertz CT molecular complexity index is 575. The standard InChI is InChI=1S/C16H17ClFN/c1-11-7-12(2)9-14(8-11)19(3)16-13(10-17)5-4-6-15(16)18/h4-9H,10H2,1-3H3. The van der Waals surface area contributed by atoms with E-state index in [4.69, 9.17) is 11.6 Å². The van der Waals surface area contributed by atoms with Crippen LogP contribution in [0.25, 0.3) is 0 Å². The van der Waals surface area contributed by atoms with Gasteiger partial charge in [0.15, 0.2) is 0 Å². The SMILES string of the molecule is Cc1cc(C)cc(N(C)c2c(F)cccc2CCl)c1. The number of halogens is 2. The molecule has 0 saturated heterocycles. The van der Waals surface area contributed by atoms with Crippen molar-refractivity contribution >= 4 is 23.0 Å². The lowest BCUT2D eigenvalue weighted by molar-refractivity contribution is 0.626. The molecule has 0 aromatic heterocycles. The first-order valence-corrected chi connectivity index (χ1v) is 6.71. The number of anilines is 2. The van der Waals surface area contributed by atoms with Gasteiger partial charge in [-0.3, -0.25) is 0 Å². The van der Waals surface area contributed by atoms with Gasteiger partial charge in [0.2, 0.25) is 0 Å². The monoisotopic (exact) mass is 277 g/mol. The Morgan fingerprint density at radius 1 is 1.11 bits per heavy atom. The Hall–Kier alpha value is -1.54. The van der Waals surface area contributed by atoms with E-state index in [0.29, 0.717) is 11.6 Å². The largest absolute Gasteiger partial charge is 0.342 e. The average Bonchev–Trinajstić information content (AvgIpc) is 2.36. The van der Waals surface area contributed by atoms with Crippen molar-refractivity contribution in [3.8, 4) is 0 Å². The minimum absolute atomic E-state index is 0.250. The van der Waals surface area contributed by atoms with Crippen molar-refractivity contribution in [1.29, 1.82) is 0 Å². The Labute approximate surface area is 118 Å². The summed E-state index contributed by atoms with van der Waals surface area (Å²) in [5, 5.41) is 0. The minimum atomic E-state index is -0.250. The Morgan fingerprint density at radius 3 is 2.32 bits per heavy atom. The molecule has 2 aromatic rings. The van der Waals surface area contributed by atoms with E-state index in [1.54, 1.807) is 6.07 Å². The molecule has 0 amide bonds. The van der Waals surface area contributed by atoms with E-state index < -0.39 is 0 Å². The van der Waals surface area contributed by atoms with E-state index in [2.05, 4.69) is 6.07 Å². The molecule has 0 fully saturated rings. The van der Waals surface area contributed by atoms with Gasteiger partial charge in [-0.15, -0.1) is 11.6 Å². The van der Waals surface area contributed by atoms with Gasteiger partial charge in [0, 0.05) is 18.6 Å². The summed E-state index contributed by atoms with van der Waals surface area (Å²) in [5.74, 6) is 0.0437. The Balaban J connectivity index is 2.52. The zero-order chi connectivity index (χ0) is 14.0. The molecule has 100 valence electrons. The molecule has 0 bridgehead atoms. The fourth-order valence-corrected chi connectivity index (χ4v) is 2.53. The number of para-hydroxylation sites is 1. The molecule has 0 N–H and O–H groups in total. The molecule has 0 saturated carbocycles. The van der Waals surface area contributed by atoms with Crippen LogP contribution in [0.3, 0.4) is 0 Å². The molecular weight excluding hydrogens is 261 g/mol. The summed E-state index contributed by atoms with van der Waals surface area (Å²) in [6, 6.07) is 11.2. The van der Waals surface area contributed by atoms with Crippen LogP contribution in [0.1, 0.15) is 16.7 Å². The van der Waals surface area contributed by atoms with Crippen molar-refractivity contribution in [2.75, 3.05) is 11.9 Å². The topological polar surface area (TPSA) is 3.24 Å². The third-order valence-electron chi connectivity index (χ3n) is 3.14. The average molecular weight is 278 g/mol. The van der Waals surface area contributed by atoms with Gasteiger partial charge in [-0.2, -0.15) is 0 Å². The van der Waals surface area contributed by atoms with Gasteiger partial charge in [-0.05, 0) is 48.7 Å². The van der Waals surface area contributed by atoms with Crippen molar-refractivity contribution in [3.63, 3.8) is 0 Å². The molecule has 0 aliphatic carbocycles. The second-order valence-corrected chi connectivity index (χ2v) is 5.05. The maximum atomic E-state index is 14.1. The molecule has 1 nitrogen and oxygen atoms in total. The van der Waals surface area contributed by atoms with Gasteiger partial charge in [0.05, 0.1) is 5.69 Å². The Morgan fingerprint density at radius 2 is 1.74 bits per heavy atom. The fourth-order valence-electron chi connectivity index (χ4n) is 2.32. The van der Waals surface area contributed by atoms with E-state index in [0.717, 1.165) is 22.4 Å². The van der Waals surface area contributed by atoms with Crippen molar-refractivity contribution in [1.82, 2.24) is 0 Å². The second kappa shape index (κ2) is 5.62. The number of alkyl halides is 1. The van der Waals surface area contributed by atoms with E-state index in [1.165, 1.54) is 6.07 Å². The summed E-state index contributed by atoms with van der Waals surface area (Å²) >= 11 is 5.90. The number of aryl methyl sites for hydroxylation is 2. The summed E-state index contributed by atoms with van der Waals surface area (Å²) in [7, 11) is 1.86. The molecule has 2 rings (SSSR count). The highest BCUT2D eigenvalue weighted by molar-refractivity contribution is 6.17. The van der Waals surface area contributed by atoms with Crippen molar-refractivity contribution in [2.45, 2.75) is 19.7 Å². The van der Waals surface area contributed by atoms with Gasteiger partial charge >= 0.3 is 0 Å². The van der Waals surface area contributed by atoms with Gasteiger partial charge in [0.25, 0.3) is 0 Å². The number of hydrogen-bond donors (Lipinski definition) is 0. The lowest BCUT2D eigenvalue weighted by Crippen LogP contribution is -2.13. The van der Waals surface area contributed by atoms with Crippen LogP contribution in [0.2, 0.25) is 0 Å². The molecule has 19 heavy (non-hydrogen) atoms. The van der Waals surface area contributed by atoms with Gasteiger partial charge < -0.3 is 4.90 Å². The lowest BCUT2D eigenvalue weighted by Gasteiger charge is -2.23. The van der Waals surface area contributed by atoms with Gasteiger partial charge in [0.1, 0.15) is 5.82 Å². The first-order chi connectivity index (χ1) is 9.02. The maximum absolute atomic E-state index is 14.1. The molecule has 0 unspecified atom stereocenters. The molecule has 0 aliphatic heterocycles. The number of nitrogens with zero attached hydrogens (tertiary/aromatic N) is 1. The van der Waals surface area contributed by atoms with Crippen molar-refractivity contribution in [2.24, 2.45) is 0 Å². The summed E-state index contributed by atoms with van der Waals surface area (Å²) in [6.07, 6.45) is 0. The molecule has 0 radical (unpaired) electrons. The number of hydrogen-bond acceptors (Lipinski definition) is 1. The highest BCUT2D eigenvalue weighted by atomic mass is 35.5. The van der Waals surface area contributed by atoms with Crippen LogP contribution in [-0.4, -0.2) is 7.05 Å². The molecule has 0 heterocycles. The first-order valence-electron chi connectivity index (χ1n) is 6.18. The highest BCUT2D eigenvalue weighted by Crippen LogP contribution is 2.31. The van der Waals surface area contributed by atoms with Crippen LogP contribution in [-0.2, 0) is 5.88 Å². The zero-order valence-electron chi connectivity index (χ0n) is 11.4. The predicted octanol–water partition coefficient (Wildman–Crippen LogP) is 4.95. The summed E-state index contributed by atoms with van der Waals surface area (Å²) in [5.41, 5.74) is 4.62.